The lowest BCUT2D eigenvalue weighted by Gasteiger charge is -2.19. The van der Waals surface area contributed by atoms with Crippen LogP contribution in [0.2, 0.25) is 0 Å². The number of H-pyrrole nitrogens is 1. The van der Waals surface area contributed by atoms with Crippen molar-refractivity contribution in [3.8, 4) is 11.4 Å². The van der Waals surface area contributed by atoms with Crippen LogP contribution in [0.5, 0.6) is 0 Å². The Morgan fingerprint density at radius 1 is 1.10 bits per heavy atom. The summed E-state index contributed by atoms with van der Waals surface area (Å²) in [4.78, 5) is 21.2. The molecule has 0 aliphatic heterocycles. The van der Waals surface area contributed by atoms with E-state index < -0.39 is 5.97 Å². The Morgan fingerprint density at radius 2 is 1.90 bits per heavy atom. The van der Waals surface area contributed by atoms with Gasteiger partial charge < -0.3 is 15.0 Å². The van der Waals surface area contributed by atoms with Crippen molar-refractivity contribution in [3.05, 3.63) is 72.4 Å². The Labute approximate surface area is 172 Å². The number of hydrogen-bond acceptors (Lipinski definition) is 4. The minimum atomic E-state index is -0.988. The number of benzene rings is 2. The number of nitrogens with one attached hydrogen (secondary N) is 1. The van der Waals surface area contributed by atoms with Gasteiger partial charge in [0.2, 0.25) is 0 Å². The van der Waals surface area contributed by atoms with E-state index in [1.165, 1.54) is 12.3 Å². The third-order valence-electron chi connectivity index (χ3n) is 5.35. The highest BCUT2D eigenvalue weighted by molar-refractivity contribution is 6.05. The molecule has 0 bridgehead atoms. The second kappa shape index (κ2) is 6.73. The summed E-state index contributed by atoms with van der Waals surface area (Å²) in [7, 11) is 3.91. The molecule has 0 amide bonds. The summed E-state index contributed by atoms with van der Waals surface area (Å²) in [6.07, 6.45) is 1.51. The first-order valence-electron chi connectivity index (χ1n) is 9.50. The normalized spacial score (nSPS) is 11.3. The van der Waals surface area contributed by atoms with Gasteiger partial charge in [0.25, 0.3) is 0 Å². The molecule has 7 nitrogen and oxygen atoms in total. The summed E-state index contributed by atoms with van der Waals surface area (Å²) in [5, 5.41) is 15.2. The number of carboxylic acids is 1. The number of aromatic carboxylic acids is 1. The van der Waals surface area contributed by atoms with Gasteiger partial charge in [-0.25, -0.2) is 4.79 Å². The average molecular weight is 397 g/mol. The van der Waals surface area contributed by atoms with Crippen molar-refractivity contribution in [2.75, 3.05) is 11.9 Å². The van der Waals surface area contributed by atoms with Crippen LogP contribution in [0.25, 0.3) is 33.3 Å². The van der Waals surface area contributed by atoms with E-state index >= 15 is 0 Å². The van der Waals surface area contributed by atoms with Crippen molar-refractivity contribution in [2.24, 2.45) is 7.05 Å². The van der Waals surface area contributed by atoms with Crippen LogP contribution in [0.1, 0.15) is 10.4 Å². The Balaban J connectivity index is 1.70. The molecular formula is C23H19N5O2. The molecule has 0 saturated carbocycles. The molecule has 0 spiro atoms. The molecule has 0 radical (unpaired) electrons. The van der Waals surface area contributed by atoms with Crippen LogP contribution in [0.3, 0.4) is 0 Å². The second-order valence-electron chi connectivity index (χ2n) is 7.15. The summed E-state index contributed by atoms with van der Waals surface area (Å²) in [6.45, 7) is 0. The van der Waals surface area contributed by atoms with Gasteiger partial charge in [0, 0.05) is 31.4 Å². The van der Waals surface area contributed by atoms with E-state index in [0.29, 0.717) is 11.0 Å². The number of carboxylic acid groups (broad SMARTS) is 1. The zero-order valence-corrected chi connectivity index (χ0v) is 16.5. The summed E-state index contributed by atoms with van der Waals surface area (Å²) in [6, 6.07) is 19.6. The highest BCUT2D eigenvalue weighted by Gasteiger charge is 2.19. The summed E-state index contributed by atoms with van der Waals surface area (Å²) in [5.41, 5.74) is 5.88. The average Bonchev–Trinajstić information content (AvgIpc) is 3.32. The van der Waals surface area contributed by atoms with Gasteiger partial charge in [-0.3, -0.25) is 9.67 Å². The maximum Gasteiger partial charge on any atom is 0.337 e. The van der Waals surface area contributed by atoms with Gasteiger partial charge in [-0.2, -0.15) is 5.10 Å². The summed E-state index contributed by atoms with van der Waals surface area (Å²) in [5.74, 6) is -0.988. The number of aromatic amines is 1. The molecular weight excluding hydrogens is 378 g/mol. The van der Waals surface area contributed by atoms with Gasteiger partial charge in [0.1, 0.15) is 5.52 Å². The highest BCUT2D eigenvalue weighted by Crippen LogP contribution is 2.36. The second-order valence-corrected chi connectivity index (χ2v) is 7.15. The van der Waals surface area contributed by atoms with Gasteiger partial charge in [0.05, 0.1) is 33.7 Å². The molecule has 0 unspecified atom stereocenters. The maximum absolute atomic E-state index is 11.6. The van der Waals surface area contributed by atoms with E-state index in [1.807, 2.05) is 61.2 Å². The number of hydrogen-bond donors (Lipinski definition) is 2. The van der Waals surface area contributed by atoms with E-state index in [4.69, 9.17) is 5.10 Å². The molecule has 5 aromatic rings. The summed E-state index contributed by atoms with van der Waals surface area (Å²) >= 11 is 0. The standard InChI is InChI=1S/C23H19N5O2/c1-27(14-7-4-3-5-8-14)19-10-6-9-15-21(19)26-28(2)22(15)18-13-17-20(25-18)16(23(29)30)11-12-24-17/h3-13,25H,1-2H3,(H,29,30). The van der Waals surface area contributed by atoms with Gasteiger partial charge in [-0.05, 0) is 30.3 Å². The predicted octanol–water partition coefficient (Wildman–Crippen LogP) is 4.58. The SMILES string of the molecule is CN(c1ccccc1)c1cccc2c(-c3cc4nccc(C(=O)O)c4[nH]3)n(C)nc12. The Hall–Kier alpha value is -4.13. The number of aromatic nitrogens is 4. The van der Waals surface area contributed by atoms with E-state index in [1.54, 1.807) is 0 Å². The number of para-hydroxylation sites is 1. The Morgan fingerprint density at radius 3 is 2.67 bits per heavy atom. The Kier molecular flexibility index (Phi) is 4.03. The van der Waals surface area contributed by atoms with Gasteiger partial charge in [-0.15, -0.1) is 0 Å². The predicted molar refractivity (Wildman–Crippen MR) is 117 cm³/mol. The number of rotatable bonds is 4. The van der Waals surface area contributed by atoms with Crippen molar-refractivity contribution in [3.63, 3.8) is 0 Å². The lowest BCUT2D eigenvalue weighted by atomic mass is 10.1. The molecule has 7 heteroatoms. The number of fused-ring (bicyclic) bond motifs is 2. The minimum absolute atomic E-state index is 0.197. The zero-order valence-electron chi connectivity index (χ0n) is 16.5. The largest absolute Gasteiger partial charge is 0.478 e. The third-order valence-corrected chi connectivity index (χ3v) is 5.35. The van der Waals surface area contributed by atoms with Crippen LogP contribution in [-0.4, -0.2) is 37.9 Å². The molecule has 5 rings (SSSR count). The fourth-order valence-electron chi connectivity index (χ4n) is 3.91. The molecule has 3 heterocycles. The Bertz CT molecular complexity index is 1400. The quantitative estimate of drug-likeness (QED) is 0.463. The van der Waals surface area contributed by atoms with Gasteiger partial charge in [-0.1, -0.05) is 30.3 Å². The molecule has 3 aromatic heterocycles. The van der Waals surface area contributed by atoms with Crippen molar-refractivity contribution >= 4 is 39.3 Å². The van der Waals surface area contributed by atoms with E-state index in [0.717, 1.165) is 33.7 Å². The van der Waals surface area contributed by atoms with Crippen LogP contribution < -0.4 is 4.90 Å². The van der Waals surface area contributed by atoms with Crippen molar-refractivity contribution < 1.29 is 9.90 Å². The number of aryl methyl sites for hydroxylation is 1. The highest BCUT2D eigenvalue weighted by atomic mass is 16.4. The smallest absolute Gasteiger partial charge is 0.337 e. The molecule has 0 aliphatic rings. The van der Waals surface area contributed by atoms with Crippen LogP contribution in [0.15, 0.2) is 66.9 Å². The lowest BCUT2D eigenvalue weighted by molar-refractivity contribution is 0.0698. The zero-order chi connectivity index (χ0) is 20.8. The first-order chi connectivity index (χ1) is 14.5. The third kappa shape index (κ3) is 2.71. The van der Waals surface area contributed by atoms with Crippen LogP contribution in [0, 0.1) is 0 Å². The maximum atomic E-state index is 11.6. The summed E-state index contributed by atoms with van der Waals surface area (Å²) < 4.78 is 1.82. The van der Waals surface area contributed by atoms with E-state index in [9.17, 15) is 9.90 Å². The van der Waals surface area contributed by atoms with Crippen molar-refractivity contribution in [2.45, 2.75) is 0 Å². The lowest BCUT2D eigenvalue weighted by Crippen LogP contribution is -2.09. The molecule has 0 aliphatic carbocycles. The van der Waals surface area contributed by atoms with Crippen molar-refractivity contribution in [1.29, 1.82) is 0 Å². The first-order valence-corrected chi connectivity index (χ1v) is 9.50. The monoisotopic (exact) mass is 397 g/mol. The topological polar surface area (TPSA) is 87.0 Å². The number of pyridine rings is 1. The van der Waals surface area contributed by atoms with Crippen LogP contribution in [0.4, 0.5) is 11.4 Å². The van der Waals surface area contributed by atoms with Gasteiger partial charge in [0.15, 0.2) is 0 Å². The number of nitrogens with zero attached hydrogens (tertiary/aromatic N) is 4. The fraction of sp³-hybridized carbons (Fsp3) is 0.0870. The molecule has 2 aromatic carbocycles. The fourth-order valence-corrected chi connectivity index (χ4v) is 3.91. The van der Waals surface area contributed by atoms with Crippen LogP contribution >= 0.6 is 0 Å². The molecule has 0 atom stereocenters. The molecule has 0 fully saturated rings. The molecule has 2 N–H and O–H groups in total. The number of carbonyl (C=O) groups is 1. The van der Waals surface area contributed by atoms with Crippen LogP contribution in [-0.2, 0) is 7.05 Å². The molecule has 148 valence electrons. The minimum Gasteiger partial charge on any atom is -0.478 e. The first kappa shape index (κ1) is 17.9. The van der Waals surface area contributed by atoms with E-state index in [-0.39, 0.29) is 5.56 Å². The van der Waals surface area contributed by atoms with E-state index in [2.05, 4.69) is 27.0 Å². The molecule has 0 saturated heterocycles. The van der Waals surface area contributed by atoms with Crippen molar-refractivity contribution in [1.82, 2.24) is 19.7 Å². The molecule has 30 heavy (non-hydrogen) atoms. The number of anilines is 2. The van der Waals surface area contributed by atoms with Gasteiger partial charge >= 0.3 is 5.97 Å².